The van der Waals surface area contributed by atoms with Crippen LogP contribution in [0.25, 0.3) is 0 Å². The van der Waals surface area contributed by atoms with Gasteiger partial charge in [-0.25, -0.2) is 8.42 Å². The third-order valence-corrected chi connectivity index (χ3v) is 4.29. The molecule has 0 unspecified atom stereocenters. The molecule has 2 aromatic carbocycles. The van der Waals surface area contributed by atoms with Crippen molar-refractivity contribution in [2.45, 2.75) is 17.9 Å². The molecule has 21 heavy (non-hydrogen) atoms. The summed E-state index contributed by atoms with van der Waals surface area (Å²) in [7, 11) is -3.67. The Balaban J connectivity index is 1.95. The first kappa shape index (κ1) is 16.0. The van der Waals surface area contributed by atoms with Gasteiger partial charge in [0.05, 0.1) is 11.5 Å². The van der Waals surface area contributed by atoms with Crippen LogP contribution in [0.5, 0.6) is 0 Å². The monoisotopic (exact) mass is 325 g/mol. The van der Waals surface area contributed by atoms with Crippen molar-refractivity contribution < 1.29 is 13.3 Å². The van der Waals surface area contributed by atoms with Crippen LogP contribution < -0.4 is 4.89 Å². The van der Waals surface area contributed by atoms with Gasteiger partial charge in [-0.3, -0.25) is 4.84 Å². The highest BCUT2D eigenvalue weighted by molar-refractivity contribution is 7.89. The fourth-order valence-corrected chi connectivity index (χ4v) is 2.78. The second-order valence-electron chi connectivity index (χ2n) is 4.44. The normalized spacial score (nSPS) is 11.5. The molecule has 1 N–H and O–H groups in total. The van der Waals surface area contributed by atoms with E-state index in [2.05, 4.69) is 4.89 Å². The molecule has 0 bridgehead atoms. The van der Waals surface area contributed by atoms with Gasteiger partial charge in [-0.15, -0.1) is 11.6 Å². The van der Waals surface area contributed by atoms with E-state index < -0.39 is 10.0 Å². The molecule has 0 aromatic heterocycles. The lowest BCUT2D eigenvalue weighted by molar-refractivity contribution is 0.0795. The highest BCUT2D eigenvalue weighted by atomic mass is 35.5. The molecule has 0 aliphatic rings. The van der Waals surface area contributed by atoms with Crippen LogP contribution in [0.1, 0.15) is 11.1 Å². The predicted molar refractivity (Wildman–Crippen MR) is 82.4 cm³/mol. The van der Waals surface area contributed by atoms with Crippen LogP contribution in [0.15, 0.2) is 59.5 Å². The molecule has 2 rings (SSSR count). The quantitative estimate of drug-likeness (QED) is 0.629. The Morgan fingerprint density at radius 2 is 1.62 bits per heavy atom. The van der Waals surface area contributed by atoms with E-state index in [1.165, 1.54) is 12.1 Å². The number of sulfonamides is 1. The number of aryl methyl sites for hydroxylation is 1. The molecular weight excluding hydrogens is 310 g/mol. The fraction of sp³-hybridized carbons (Fsp3) is 0.200. The highest BCUT2D eigenvalue weighted by Gasteiger charge is 2.13. The molecule has 112 valence electrons. The van der Waals surface area contributed by atoms with Gasteiger partial charge in [0.2, 0.25) is 0 Å². The van der Waals surface area contributed by atoms with Crippen molar-refractivity contribution in [2.24, 2.45) is 0 Å². The first-order chi connectivity index (χ1) is 10.1. The average Bonchev–Trinajstić information content (AvgIpc) is 2.49. The van der Waals surface area contributed by atoms with E-state index in [1.54, 1.807) is 12.1 Å². The number of hydrogen-bond donors (Lipinski definition) is 1. The summed E-state index contributed by atoms with van der Waals surface area (Å²) < 4.78 is 24.1. The van der Waals surface area contributed by atoms with Crippen LogP contribution in [-0.2, 0) is 27.9 Å². The van der Waals surface area contributed by atoms with Crippen LogP contribution in [0, 0.1) is 0 Å². The summed E-state index contributed by atoms with van der Waals surface area (Å²) in [5.74, 6) is 0.504. The summed E-state index contributed by atoms with van der Waals surface area (Å²) in [6, 6.07) is 15.9. The van der Waals surface area contributed by atoms with E-state index in [0.717, 1.165) is 11.1 Å². The molecule has 0 aliphatic carbocycles. The molecule has 0 heterocycles. The first-order valence-corrected chi connectivity index (χ1v) is 8.46. The SMILES string of the molecule is O=S(=O)(NOCc1ccccc1)c1ccc(CCCl)cc1. The molecule has 0 saturated heterocycles. The minimum absolute atomic E-state index is 0.161. The maximum atomic E-state index is 12.0. The maximum Gasteiger partial charge on any atom is 0.262 e. The molecule has 0 radical (unpaired) electrons. The lowest BCUT2D eigenvalue weighted by Gasteiger charge is -2.08. The summed E-state index contributed by atoms with van der Waals surface area (Å²) in [6.45, 7) is 0.171. The van der Waals surface area contributed by atoms with Gasteiger partial charge in [0.25, 0.3) is 10.0 Å². The Morgan fingerprint density at radius 1 is 0.952 bits per heavy atom. The number of benzene rings is 2. The largest absolute Gasteiger partial charge is 0.282 e. The van der Waals surface area contributed by atoms with Gasteiger partial charge in [0, 0.05) is 5.88 Å². The number of hydrogen-bond acceptors (Lipinski definition) is 3. The Kier molecular flexibility index (Phi) is 5.76. The van der Waals surface area contributed by atoms with E-state index in [0.29, 0.717) is 12.3 Å². The number of rotatable bonds is 7. The van der Waals surface area contributed by atoms with Crippen molar-refractivity contribution >= 4 is 21.6 Å². The van der Waals surface area contributed by atoms with E-state index in [1.807, 2.05) is 30.3 Å². The molecule has 0 atom stereocenters. The highest BCUT2D eigenvalue weighted by Crippen LogP contribution is 2.11. The molecule has 0 aliphatic heterocycles. The predicted octanol–water partition coefficient (Wildman–Crippen LogP) is 2.88. The van der Waals surface area contributed by atoms with Crippen molar-refractivity contribution in [3.63, 3.8) is 0 Å². The zero-order valence-corrected chi connectivity index (χ0v) is 12.9. The Morgan fingerprint density at radius 3 is 2.24 bits per heavy atom. The minimum Gasteiger partial charge on any atom is -0.282 e. The van der Waals surface area contributed by atoms with Crippen LogP contribution >= 0.6 is 11.6 Å². The van der Waals surface area contributed by atoms with Gasteiger partial charge in [-0.2, -0.15) is 0 Å². The number of halogens is 1. The lowest BCUT2D eigenvalue weighted by Crippen LogP contribution is -2.23. The molecule has 4 nitrogen and oxygen atoms in total. The van der Waals surface area contributed by atoms with Crippen molar-refractivity contribution in [2.75, 3.05) is 5.88 Å². The molecule has 6 heteroatoms. The summed E-state index contributed by atoms with van der Waals surface area (Å²) in [5, 5.41) is 0. The van der Waals surface area contributed by atoms with Crippen LogP contribution in [0.2, 0.25) is 0 Å². The van der Waals surface area contributed by atoms with E-state index in [4.69, 9.17) is 16.4 Å². The Labute approximate surface area is 129 Å². The molecule has 0 fully saturated rings. The summed E-state index contributed by atoms with van der Waals surface area (Å²) in [6.07, 6.45) is 0.708. The van der Waals surface area contributed by atoms with Crippen LogP contribution in [-0.4, -0.2) is 14.3 Å². The smallest absolute Gasteiger partial charge is 0.262 e. The van der Waals surface area contributed by atoms with E-state index in [-0.39, 0.29) is 11.5 Å². The van der Waals surface area contributed by atoms with E-state index >= 15 is 0 Å². The van der Waals surface area contributed by atoms with Crippen molar-refractivity contribution in [3.8, 4) is 0 Å². The molecule has 0 spiro atoms. The molecular formula is C15H16ClNO3S. The number of nitrogens with one attached hydrogen (secondary N) is 1. The van der Waals surface area contributed by atoms with Crippen molar-refractivity contribution in [1.29, 1.82) is 0 Å². The minimum atomic E-state index is -3.67. The van der Waals surface area contributed by atoms with Gasteiger partial charge in [-0.05, 0) is 29.7 Å². The van der Waals surface area contributed by atoms with Gasteiger partial charge < -0.3 is 0 Å². The third kappa shape index (κ3) is 4.82. The lowest BCUT2D eigenvalue weighted by atomic mass is 10.2. The second-order valence-corrected chi connectivity index (χ2v) is 6.47. The second kappa shape index (κ2) is 7.56. The van der Waals surface area contributed by atoms with E-state index in [9.17, 15) is 8.42 Å². The summed E-state index contributed by atoms with van der Waals surface area (Å²) >= 11 is 5.64. The van der Waals surface area contributed by atoms with Gasteiger partial charge in [-0.1, -0.05) is 47.3 Å². The topological polar surface area (TPSA) is 55.4 Å². The summed E-state index contributed by atoms with van der Waals surface area (Å²) in [5.41, 5.74) is 1.88. The first-order valence-electron chi connectivity index (χ1n) is 6.44. The van der Waals surface area contributed by atoms with Gasteiger partial charge >= 0.3 is 0 Å². The fourth-order valence-electron chi connectivity index (χ4n) is 1.76. The van der Waals surface area contributed by atoms with Crippen molar-refractivity contribution in [1.82, 2.24) is 4.89 Å². The molecule has 2 aromatic rings. The zero-order chi connectivity index (χ0) is 15.1. The summed E-state index contributed by atoms with van der Waals surface area (Å²) in [4.78, 5) is 7.34. The number of alkyl halides is 1. The van der Waals surface area contributed by atoms with Gasteiger partial charge in [0.15, 0.2) is 0 Å². The van der Waals surface area contributed by atoms with Crippen LogP contribution in [0.3, 0.4) is 0 Å². The zero-order valence-electron chi connectivity index (χ0n) is 11.3. The Hall–Kier alpha value is -1.40. The molecule has 0 saturated carbocycles. The molecule has 0 amide bonds. The standard InChI is InChI=1S/C15H16ClNO3S/c16-11-10-13-6-8-15(9-7-13)21(18,19)17-20-12-14-4-2-1-3-5-14/h1-9,17H,10-12H2. The van der Waals surface area contributed by atoms with Crippen molar-refractivity contribution in [3.05, 3.63) is 65.7 Å². The van der Waals surface area contributed by atoms with Gasteiger partial charge in [0.1, 0.15) is 0 Å². The Bertz CT molecular complexity index is 657. The maximum absolute atomic E-state index is 12.0. The third-order valence-electron chi connectivity index (χ3n) is 2.87. The average molecular weight is 326 g/mol. The van der Waals surface area contributed by atoms with Crippen LogP contribution in [0.4, 0.5) is 0 Å².